The third-order valence-electron chi connectivity index (χ3n) is 3.00. The number of hydrogen-bond donors (Lipinski definition) is 2. The molecule has 0 amide bonds. The first-order chi connectivity index (χ1) is 7.59. The van der Waals surface area contributed by atoms with Gasteiger partial charge in [0, 0.05) is 23.1 Å². The predicted molar refractivity (Wildman–Crippen MR) is 69.7 cm³/mol. The lowest BCUT2D eigenvalue weighted by Crippen LogP contribution is -2.17. The van der Waals surface area contributed by atoms with Gasteiger partial charge in [0.15, 0.2) is 0 Å². The Kier molecular flexibility index (Phi) is 3.01. The monoisotopic (exact) mass is 216 g/mol. The van der Waals surface area contributed by atoms with Gasteiger partial charge in [-0.3, -0.25) is 0 Å². The molecule has 0 aliphatic heterocycles. The first-order valence-electron chi connectivity index (χ1n) is 5.94. The summed E-state index contributed by atoms with van der Waals surface area (Å²) in [6.07, 6.45) is 3.03. The SMILES string of the molecule is CC(N)Cc1c[nH]c2c(C(C)C)cccc12. The van der Waals surface area contributed by atoms with Crippen LogP contribution >= 0.6 is 0 Å². The third kappa shape index (κ3) is 1.98. The van der Waals surface area contributed by atoms with Crippen molar-refractivity contribution in [1.29, 1.82) is 0 Å². The fraction of sp³-hybridized carbons (Fsp3) is 0.429. The lowest BCUT2D eigenvalue weighted by molar-refractivity contribution is 0.741. The predicted octanol–water partition coefficient (Wildman–Crippen LogP) is 3.18. The summed E-state index contributed by atoms with van der Waals surface area (Å²) in [4.78, 5) is 3.39. The van der Waals surface area contributed by atoms with E-state index < -0.39 is 0 Å². The second kappa shape index (κ2) is 4.30. The number of benzene rings is 1. The first kappa shape index (κ1) is 11.2. The van der Waals surface area contributed by atoms with E-state index in [1.165, 1.54) is 22.0 Å². The van der Waals surface area contributed by atoms with E-state index in [2.05, 4.69) is 43.2 Å². The van der Waals surface area contributed by atoms with Crippen molar-refractivity contribution in [3.63, 3.8) is 0 Å². The van der Waals surface area contributed by atoms with Crippen molar-refractivity contribution in [2.45, 2.75) is 39.2 Å². The number of nitrogens with two attached hydrogens (primary N) is 1. The number of para-hydroxylation sites is 1. The molecule has 0 fully saturated rings. The Balaban J connectivity index is 2.52. The largest absolute Gasteiger partial charge is 0.361 e. The molecule has 1 unspecified atom stereocenters. The van der Waals surface area contributed by atoms with Gasteiger partial charge in [-0.25, -0.2) is 0 Å². The highest BCUT2D eigenvalue weighted by Gasteiger charge is 2.10. The standard InChI is InChI=1S/C14H20N2/c1-9(2)12-5-4-6-13-11(7-10(3)15)8-16-14(12)13/h4-6,8-10,16H,7,15H2,1-3H3. The Morgan fingerprint density at radius 2 is 2.00 bits per heavy atom. The smallest absolute Gasteiger partial charge is 0.0491 e. The second-order valence-corrected chi connectivity index (χ2v) is 4.92. The molecule has 2 rings (SSSR count). The van der Waals surface area contributed by atoms with Crippen LogP contribution in [0.4, 0.5) is 0 Å². The Bertz CT molecular complexity index is 480. The highest BCUT2D eigenvalue weighted by Crippen LogP contribution is 2.27. The minimum atomic E-state index is 0.210. The minimum absolute atomic E-state index is 0.210. The number of aromatic amines is 1. The summed E-state index contributed by atoms with van der Waals surface area (Å²) in [6.45, 7) is 6.49. The second-order valence-electron chi connectivity index (χ2n) is 4.92. The van der Waals surface area contributed by atoms with E-state index in [-0.39, 0.29) is 6.04 Å². The molecule has 2 heteroatoms. The molecule has 3 N–H and O–H groups in total. The molecule has 86 valence electrons. The number of aromatic nitrogens is 1. The lowest BCUT2D eigenvalue weighted by atomic mass is 9.98. The van der Waals surface area contributed by atoms with Crippen LogP contribution in [0.25, 0.3) is 10.9 Å². The van der Waals surface area contributed by atoms with Gasteiger partial charge in [-0.15, -0.1) is 0 Å². The van der Waals surface area contributed by atoms with Crippen molar-refractivity contribution in [2.75, 3.05) is 0 Å². The van der Waals surface area contributed by atoms with Gasteiger partial charge in [-0.05, 0) is 30.4 Å². The number of nitrogens with one attached hydrogen (secondary N) is 1. The summed E-state index contributed by atoms with van der Waals surface area (Å²) in [6, 6.07) is 6.71. The normalized spacial score (nSPS) is 13.6. The van der Waals surface area contributed by atoms with E-state index in [4.69, 9.17) is 5.73 Å². The maximum atomic E-state index is 5.86. The molecular formula is C14H20N2. The zero-order chi connectivity index (χ0) is 11.7. The van der Waals surface area contributed by atoms with E-state index in [1.54, 1.807) is 0 Å². The highest BCUT2D eigenvalue weighted by molar-refractivity contribution is 5.86. The summed E-state index contributed by atoms with van der Waals surface area (Å²) in [7, 11) is 0. The minimum Gasteiger partial charge on any atom is -0.361 e. The van der Waals surface area contributed by atoms with Crippen LogP contribution in [-0.2, 0) is 6.42 Å². The van der Waals surface area contributed by atoms with E-state index in [0.29, 0.717) is 5.92 Å². The summed E-state index contributed by atoms with van der Waals surface area (Å²) in [5.74, 6) is 0.547. The first-order valence-corrected chi connectivity index (χ1v) is 5.94. The van der Waals surface area contributed by atoms with E-state index >= 15 is 0 Å². The van der Waals surface area contributed by atoms with Crippen molar-refractivity contribution < 1.29 is 0 Å². The summed E-state index contributed by atoms with van der Waals surface area (Å²) >= 11 is 0. The maximum absolute atomic E-state index is 5.86. The number of H-pyrrole nitrogens is 1. The summed E-state index contributed by atoms with van der Waals surface area (Å²) < 4.78 is 0. The van der Waals surface area contributed by atoms with E-state index in [1.807, 2.05) is 6.92 Å². The molecule has 0 radical (unpaired) electrons. The van der Waals surface area contributed by atoms with Gasteiger partial charge in [0.1, 0.15) is 0 Å². The van der Waals surface area contributed by atoms with Crippen LogP contribution in [0, 0.1) is 0 Å². The number of fused-ring (bicyclic) bond motifs is 1. The summed E-state index contributed by atoms with van der Waals surface area (Å²) in [5, 5.41) is 1.32. The molecule has 0 saturated heterocycles. The molecule has 0 spiro atoms. The van der Waals surface area contributed by atoms with E-state index in [9.17, 15) is 0 Å². The lowest BCUT2D eigenvalue weighted by Gasteiger charge is -2.07. The fourth-order valence-corrected chi connectivity index (χ4v) is 2.23. The van der Waals surface area contributed by atoms with Crippen LogP contribution in [0.3, 0.4) is 0 Å². The molecule has 1 aromatic carbocycles. The summed E-state index contributed by atoms with van der Waals surface area (Å²) in [5.41, 5.74) is 9.84. The van der Waals surface area contributed by atoms with Gasteiger partial charge in [0.2, 0.25) is 0 Å². The maximum Gasteiger partial charge on any atom is 0.0491 e. The number of hydrogen-bond acceptors (Lipinski definition) is 1. The van der Waals surface area contributed by atoms with Crippen molar-refractivity contribution in [1.82, 2.24) is 4.98 Å². The zero-order valence-electron chi connectivity index (χ0n) is 10.2. The molecule has 1 aromatic heterocycles. The van der Waals surface area contributed by atoms with E-state index in [0.717, 1.165) is 6.42 Å². The zero-order valence-corrected chi connectivity index (χ0v) is 10.2. The van der Waals surface area contributed by atoms with Crippen LogP contribution in [0.15, 0.2) is 24.4 Å². The molecule has 16 heavy (non-hydrogen) atoms. The molecule has 2 nitrogen and oxygen atoms in total. The number of rotatable bonds is 3. The molecule has 1 atom stereocenters. The fourth-order valence-electron chi connectivity index (χ4n) is 2.23. The molecule has 0 aliphatic carbocycles. The van der Waals surface area contributed by atoms with Crippen molar-refractivity contribution >= 4 is 10.9 Å². The van der Waals surface area contributed by atoms with Gasteiger partial charge in [-0.2, -0.15) is 0 Å². The quantitative estimate of drug-likeness (QED) is 0.813. The average Bonchev–Trinajstić information content (AvgIpc) is 2.60. The van der Waals surface area contributed by atoms with Crippen LogP contribution in [0.2, 0.25) is 0 Å². The van der Waals surface area contributed by atoms with Gasteiger partial charge in [0.25, 0.3) is 0 Å². The Hall–Kier alpha value is -1.28. The Morgan fingerprint density at radius 1 is 1.25 bits per heavy atom. The topological polar surface area (TPSA) is 41.8 Å². The van der Waals surface area contributed by atoms with Crippen LogP contribution in [-0.4, -0.2) is 11.0 Å². The van der Waals surface area contributed by atoms with Crippen LogP contribution in [0.5, 0.6) is 0 Å². The molecule has 0 aliphatic rings. The molecular weight excluding hydrogens is 196 g/mol. The van der Waals surface area contributed by atoms with Crippen molar-refractivity contribution in [2.24, 2.45) is 5.73 Å². The molecule has 0 bridgehead atoms. The average molecular weight is 216 g/mol. The van der Waals surface area contributed by atoms with Gasteiger partial charge >= 0.3 is 0 Å². The Morgan fingerprint density at radius 3 is 2.62 bits per heavy atom. The van der Waals surface area contributed by atoms with Crippen LogP contribution in [0.1, 0.15) is 37.8 Å². The highest BCUT2D eigenvalue weighted by atomic mass is 14.7. The third-order valence-corrected chi connectivity index (χ3v) is 3.00. The van der Waals surface area contributed by atoms with Gasteiger partial charge in [-0.1, -0.05) is 32.0 Å². The van der Waals surface area contributed by atoms with Crippen molar-refractivity contribution in [3.05, 3.63) is 35.5 Å². The molecule has 2 aromatic rings. The molecule has 1 heterocycles. The Labute approximate surface area is 96.9 Å². The van der Waals surface area contributed by atoms with Gasteiger partial charge in [0.05, 0.1) is 0 Å². The molecule has 0 saturated carbocycles. The van der Waals surface area contributed by atoms with Crippen molar-refractivity contribution in [3.8, 4) is 0 Å². The van der Waals surface area contributed by atoms with Crippen LogP contribution < -0.4 is 5.73 Å². The van der Waals surface area contributed by atoms with Gasteiger partial charge < -0.3 is 10.7 Å².